The zero-order valence-electron chi connectivity index (χ0n) is 20.8. The minimum atomic E-state index is -2.62. The number of amides is 1. The van der Waals surface area contributed by atoms with Crippen molar-refractivity contribution in [2.45, 2.75) is 58.3 Å². The van der Waals surface area contributed by atoms with Crippen LogP contribution in [0.2, 0.25) is 0 Å². The van der Waals surface area contributed by atoms with Gasteiger partial charge in [-0.1, -0.05) is 26.8 Å². The molecule has 0 spiro atoms. The molecular formula is C26H35F2N5O2. The Bertz CT molecular complexity index is 1050. The third kappa shape index (κ3) is 5.89. The predicted molar refractivity (Wildman–Crippen MR) is 132 cm³/mol. The standard InChI is InChI=1S/C26H35F2N5O2/c1-26(2,3)25-29-19(24(27)28)17-22(30-25)32-15-13-31(14-16-32)11-4-5-12-33-20-7-6-8-21(34)18(20)9-10-23(33)35/h6-8,17,24,34H,4-5,9-16H2,1-3H3. The molecule has 0 unspecified atom stereocenters. The zero-order valence-corrected chi connectivity index (χ0v) is 20.8. The predicted octanol–water partition coefficient (Wildman–Crippen LogP) is 4.30. The first-order valence-electron chi connectivity index (χ1n) is 12.4. The smallest absolute Gasteiger partial charge is 0.280 e. The molecule has 0 radical (unpaired) electrons. The number of hydrogen-bond donors (Lipinski definition) is 1. The lowest BCUT2D eigenvalue weighted by Gasteiger charge is -2.36. The highest BCUT2D eigenvalue weighted by atomic mass is 19.3. The number of fused-ring (bicyclic) bond motifs is 1. The molecule has 1 amide bonds. The normalized spacial score (nSPS) is 17.3. The summed E-state index contributed by atoms with van der Waals surface area (Å²) in [5, 5.41) is 10.1. The van der Waals surface area contributed by atoms with Gasteiger partial charge < -0.3 is 14.9 Å². The number of aromatic hydroxyl groups is 1. The fraction of sp³-hybridized carbons (Fsp3) is 0.577. The summed E-state index contributed by atoms with van der Waals surface area (Å²) >= 11 is 0. The van der Waals surface area contributed by atoms with Crippen LogP contribution in [0.1, 0.15) is 63.5 Å². The van der Waals surface area contributed by atoms with Crippen LogP contribution in [0, 0.1) is 0 Å². The number of aromatic nitrogens is 2. The van der Waals surface area contributed by atoms with Crippen LogP contribution in [-0.2, 0) is 16.6 Å². The van der Waals surface area contributed by atoms with Crippen molar-refractivity contribution >= 4 is 17.4 Å². The van der Waals surface area contributed by atoms with E-state index in [0.717, 1.165) is 56.8 Å². The topological polar surface area (TPSA) is 72.8 Å². The van der Waals surface area contributed by atoms with E-state index in [1.807, 2.05) is 26.8 Å². The number of piperazine rings is 1. The molecule has 2 aromatic rings. The van der Waals surface area contributed by atoms with Crippen molar-refractivity contribution in [1.82, 2.24) is 14.9 Å². The van der Waals surface area contributed by atoms with E-state index < -0.39 is 11.8 Å². The highest BCUT2D eigenvalue weighted by Crippen LogP contribution is 2.34. The second-order valence-corrected chi connectivity index (χ2v) is 10.4. The van der Waals surface area contributed by atoms with E-state index in [4.69, 9.17) is 0 Å². The molecule has 1 N–H and O–H groups in total. The van der Waals surface area contributed by atoms with Crippen molar-refractivity contribution in [3.63, 3.8) is 0 Å². The molecule has 2 aliphatic rings. The van der Waals surface area contributed by atoms with Gasteiger partial charge in [-0.25, -0.2) is 18.7 Å². The average molecular weight is 488 g/mol. The Balaban J connectivity index is 1.28. The maximum absolute atomic E-state index is 13.4. The minimum Gasteiger partial charge on any atom is -0.508 e. The number of nitrogens with zero attached hydrogens (tertiary/aromatic N) is 5. The molecule has 0 saturated carbocycles. The van der Waals surface area contributed by atoms with Crippen molar-refractivity contribution in [3.05, 3.63) is 41.3 Å². The lowest BCUT2D eigenvalue weighted by Crippen LogP contribution is -2.47. The largest absolute Gasteiger partial charge is 0.508 e. The van der Waals surface area contributed by atoms with Gasteiger partial charge in [0.25, 0.3) is 6.43 Å². The van der Waals surface area contributed by atoms with Gasteiger partial charge in [0.15, 0.2) is 0 Å². The van der Waals surface area contributed by atoms with E-state index in [1.165, 1.54) is 6.07 Å². The summed E-state index contributed by atoms with van der Waals surface area (Å²) in [7, 11) is 0. The number of rotatable bonds is 7. The van der Waals surface area contributed by atoms with Crippen LogP contribution in [0.25, 0.3) is 0 Å². The van der Waals surface area contributed by atoms with E-state index in [9.17, 15) is 18.7 Å². The van der Waals surface area contributed by atoms with E-state index >= 15 is 0 Å². The van der Waals surface area contributed by atoms with E-state index in [-0.39, 0.29) is 17.4 Å². The first-order valence-corrected chi connectivity index (χ1v) is 12.4. The van der Waals surface area contributed by atoms with Gasteiger partial charge in [-0.15, -0.1) is 0 Å². The number of carbonyl (C=O) groups is 1. The molecule has 1 fully saturated rings. The minimum absolute atomic E-state index is 0.111. The van der Waals surface area contributed by atoms with Crippen LogP contribution >= 0.6 is 0 Å². The molecule has 4 rings (SSSR count). The van der Waals surface area contributed by atoms with E-state index in [2.05, 4.69) is 19.8 Å². The lowest BCUT2D eigenvalue weighted by molar-refractivity contribution is -0.118. The SMILES string of the molecule is CC(C)(C)c1nc(C(F)F)cc(N2CCN(CCCCN3C(=O)CCc4c(O)cccc43)CC2)n1. The quantitative estimate of drug-likeness (QED) is 0.587. The molecule has 7 nitrogen and oxygen atoms in total. The molecule has 2 aliphatic heterocycles. The number of alkyl halides is 2. The van der Waals surface area contributed by atoms with Gasteiger partial charge in [-0.3, -0.25) is 9.69 Å². The van der Waals surface area contributed by atoms with Gasteiger partial charge in [0.1, 0.15) is 23.1 Å². The molecule has 0 bridgehead atoms. The van der Waals surface area contributed by atoms with E-state index in [1.54, 1.807) is 17.0 Å². The van der Waals surface area contributed by atoms with Gasteiger partial charge in [0.2, 0.25) is 5.91 Å². The number of carbonyl (C=O) groups excluding carboxylic acids is 1. The van der Waals surface area contributed by atoms with Crippen molar-refractivity contribution in [3.8, 4) is 5.75 Å². The Labute approximate surface area is 205 Å². The Morgan fingerprint density at radius 3 is 2.43 bits per heavy atom. The van der Waals surface area contributed by atoms with Crippen LogP contribution in [-0.4, -0.2) is 65.2 Å². The van der Waals surface area contributed by atoms with Crippen molar-refractivity contribution in [2.75, 3.05) is 49.1 Å². The van der Waals surface area contributed by atoms with Gasteiger partial charge in [-0.05, 0) is 37.9 Å². The molecule has 1 aromatic heterocycles. The van der Waals surface area contributed by atoms with Crippen LogP contribution in [0.3, 0.4) is 0 Å². The van der Waals surface area contributed by atoms with Crippen LogP contribution in [0.15, 0.2) is 24.3 Å². The maximum atomic E-state index is 13.4. The number of benzene rings is 1. The van der Waals surface area contributed by atoms with Crippen molar-refractivity contribution in [1.29, 1.82) is 0 Å². The van der Waals surface area contributed by atoms with Gasteiger partial charge in [0, 0.05) is 56.2 Å². The summed E-state index contributed by atoms with van der Waals surface area (Å²) < 4.78 is 26.8. The number of anilines is 2. The number of phenols is 1. The fourth-order valence-electron chi connectivity index (χ4n) is 4.69. The molecule has 1 aromatic carbocycles. The molecule has 0 atom stereocenters. The molecular weight excluding hydrogens is 452 g/mol. The monoisotopic (exact) mass is 487 g/mol. The molecule has 35 heavy (non-hydrogen) atoms. The second kappa shape index (κ2) is 10.4. The van der Waals surface area contributed by atoms with Crippen LogP contribution in [0.4, 0.5) is 20.3 Å². The third-order valence-corrected chi connectivity index (χ3v) is 6.74. The number of unbranched alkanes of at least 4 members (excludes halogenated alkanes) is 1. The van der Waals surface area contributed by atoms with Crippen molar-refractivity contribution < 1.29 is 18.7 Å². The molecule has 3 heterocycles. The van der Waals surface area contributed by atoms with Crippen molar-refractivity contribution in [2.24, 2.45) is 0 Å². The molecule has 190 valence electrons. The first kappa shape index (κ1) is 25.3. The first-order chi connectivity index (χ1) is 16.6. The summed E-state index contributed by atoms with van der Waals surface area (Å²) in [6.07, 6.45) is 0.223. The number of hydrogen-bond acceptors (Lipinski definition) is 6. The summed E-state index contributed by atoms with van der Waals surface area (Å²) in [5.41, 5.74) is 1.07. The number of halogens is 2. The highest BCUT2D eigenvalue weighted by molar-refractivity contribution is 5.96. The Kier molecular flexibility index (Phi) is 7.54. The molecule has 0 aliphatic carbocycles. The van der Waals surface area contributed by atoms with Gasteiger partial charge in [-0.2, -0.15) is 0 Å². The Morgan fingerprint density at radius 1 is 1.03 bits per heavy atom. The molecule has 9 heteroatoms. The van der Waals surface area contributed by atoms with Gasteiger partial charge in [0.05, 0.1) is 5.69 Å². The highest BCUT2D eigenvalue weighted by Gasteiger charge is 2.27. The zero-order chi connectivity index (χ0) is 25.2. The van der Waals surface area contributed by atoms with Crippen LogP contribution in [0.5, 0.6) is 5.75 Å². The lowest BCUT2D eigenvalue weighted by atomic mass is 9.95. The number of phenolic OH excluding ortho intramolecular Hbond substituents is 1. The molecule has 1 saturated heterocycles. The Hall–Kier alpha value is -2.81. The summed E-state index contributed by atoms with van der Waals surface area (Å²) in [6.45, 7) is 10.5. The Morgan fingerprint density at radius 2 is 1.74 bits per heavy atom. The van der Waals surface area contributed by atoms with Crippen LogP contribution < -0.4 is 9.80 Å². The fourth-order valence-corrected chi connectivity index (χ4v) is 4.69. The summed E-state index contributed by atoms with van der Waals surface area (Å²) in [5.74, 6) is 1.39. The summed E-state index contributed by atoms with van der Waals surface area (Å²) in [6, 6.07) is 6.78. The maximum Gasteiger partial charge on any atom is 0.280 e. The van der Waals surface area contributed by atoms with Gasteiger partial charge >= 0.3 is 0 Å². The third-order valence-electron chi connectivity index (χ3n) is 6.74. The summed E-state index contributed by atoms with van der Waals surface area (Å²) in [4.78, 5) is 27.4. The van der Waals surface area contributed by atoms with E-state index in [0.29, 0.717) is 31.0 Å². The second-order valence-electron chi connectivity index (χ2n) is 10.4. The average Bonchev–Trinajstić information content (AvgIpc) is 2.82.